The number of aliphatic carboxylic acids is 1. The third kappa shape index (κ3) is 5.82. The third-order valence-corrected chi connectivity index (χ3v) is 8.62. The van der Waals surface area contributed by atoms with Crippen LogP contribution in [0.25, 0.3) is 0 Å². The number of rotatable bonds is 10. The van der Waals surface area contributed by atoms with Crippen LogP contribution in [0.2, 0.25) is 0 Å². The molecule has 0 aliphatic carbocycles. The molecule has 0 radical (unpaired) electrons. The molecule has 14 nitrogen and oxygen atoms in total. The number of ether oxygens (including phenoxy) is 3. The number of benzene rings is 1. The van der Waals surface area contributed by atoms with Crippen molar-refractivity contribution < 1.29 is 52.6 Å². The Labute approximate surface area is 220 Å². The van der Waals surface area contributed by atoms with E-state index < -0.39 is 68.8 Å². The molecule has 38 heavy (non-hydrogen) atoms. The van der Waals surface area contributed by atoms with Crippen molar-refractivity contribution in [3.63, 3.8) is 0 Å². The normalized spacial score (nSPS) is 28.2. The number of carbonyl (C=O) groups is 2. The van der Waals surface area contributed by atoms with E-state index in [9.17, 15) is 38.4 Å². The summed E-state index contributed by atoms with van der Waals surface area (Å²) in [5.41, 5.74) is 5.42. The second kappa shape index (κ2) is 12.0. The number of aliphatic hydroxyl groups excluding tert-OH is 3. The van der Waals surface area contributed by atoms with Gasteiger partial charge in [0, 0.05) is 12.6 Å². The van der Waals surface area contributed by atoms with Gasteiger partial charge in [-0.25, -0.2) is 13.2 Å². The lowest BCUT2D eigenvalue weighted by atomic mass is 9.99. The van der Waals surface area contributed by atoms with Crippen molar-refractivity contribution in [2.24, 2.45) is 0 Å². The Hall–Kier alpha value is -2.69. The van der Waals surface area contributed by atoms with Crippen molar-refractivity contribution in [1.82, 2.24) is 10.2 Å². The minimum absolute atomic E-state index is 0.102. The van der Waals surface area contributed by atoms with Gasteiger partial charge >= 0.3 is 5.97 Å². The maximum Gasteiger partial charge on any atom is 0.335 e. The van der Waals surface area contributed by atoms with Gasteiger partial charge in [-0.1, -0.05) is 13.8 Å². The average molecular weight is 562 g/mol. The highest BCUT2D eigenvalue weighted by molar-refractivity contribution is 7.91. The Balaban J connectivity index is 2.04. The van der Waals surface area contributed by atoms with Crippen LogP contribution in [0.1, 0.15) is 37.0 Å². The van der Waals surface area contributed by atoms with Crippen LogP contribution in [-0.2, 0) is 19.4 Å². The van der Waals surface area contributed by atoms with E-state index in [1.807, 2.05) is 6.92 Å². The molecule has 3 rings (SSSR count). The molecule has 1 amide bonds. The fourth-order valence-electron chi connectivity index (χ4n) is 4.65. The number of hydrogen-bond donors (Lipinski definition) is 6. The maximum absolute atomic E-state index is 13.3. The van der Waals surface area contributed by atoms with E-state index in [0.717, 1.165) is 32.0 Å². The van der Waals surface area contributed by atoms with Crippen molar-refractivity contribution >= 4 is 27.4 Å². The summed E-state index contributed by atoms with van der Waals surface area (Å²) >= 11 is 0. The first-order chi connectivity index (χ1) is 17.9. The molecule has 0 bridgehead atoms. The number of nitrogens with one attached hydrogen (secondary N) is 1. The molecular formula is C23H35N3O11S. The number of carbonyl (C=O) groups excluding carboxylic acids is 1. The van der Waals surface area contributed by atoms with Crippen molar-refractivity contribution in [1.29, 1.82) is 0 Å². The zero-order valence-electron chi connectivity index (χ0n) is 21.4. The molecule has 0 aromatic heterocycles. The number of likely N-dealkylation sites (N-methyl/N-ethyl adjacent to an activating group) is 1. The molecule has 6 atom stereocenters. The number of carboxylic acid groups (broad SMARTS) is 1. The van der Waals surface area contributed by atoms with Crippen LogP contribution < -0.4 is 20.5 Å². The number of sulfone groups is 1. The Bertz CT molecular complexity index is 1150. The number of carboxylic acids is 1. The van der Waals surface area contributed by atoms with Crippen molar-refractivity contribution in [2.45, 2.75) is 68.3 Å². The van der Waals surface area contributed by atoms with E-state index in [1.54, 1.807) is 0 Å². The third-order valence-electron chi connectivity index (χ3n) is 6.85. The highest BCUT2D eigenvalue weighted by Gasteiger charge is 2.48. The van der Waals surface area contributed by atoms with E-state index >= 15 is 0 Å². The second-order valence-corrected chi connectivity index (χ2v) is 11.3. The van der Waals surface area contributed by atoms with Crippen molar-refractivity contribution in [3.05, 3.63) is 11.6 Å². The molecule has 2 aliphatic rings. The highest BCUT2D eigenvalue weighted by atomic mass is 32.2. The van der Waals surface area contributed by atoms with Crippen LogP contribution in [0.5, 0.6) is 11.5 Å². The standard InChI is InChI=1S/C23H35N3O11S/c1-4-26-8-6-7-11(26)10-25-21(30)12-9-13(38(33,34)5-2)14(24)19(18(12)35-3)36-23-17(29)15(27)16(28)20(37-23)22(31)32/h9,11,15-17,20,23,27-29H,4-8,10,24H2,1-3H3,(H,25,30)(H,31,32). The van der Waals surface area contributed by atoms with Crippen molar-refractivity contribution in [2.75, 3.05) is 38.2 Å². The summed E-state index contributed by atoms with van der Waals surface area (Å²) in [7, 11) is -2.83. The topological polar surface area (TPSA) is 218 Å². The van der Waals surface area contributed by atoms with Crippen LogP contribution in [-0.4, -0.2) is 115 Å². The van der Waals surface area contributed by atoms with E-state index in [-0.39, 0.29) is 23.1 Å². The smallest absolute Gasteiger partial charge is 0.335 e. The van der Waals surface area contributed by atoms with Crippen molar-refractivity contribution in [3.8, 4) is 11.5 Å². The van der Waals surface area contributed by atoms with Gasteiger partial charge in [-0.2, -0.15) is 0 Å². The zero-order chi connectivity index (χ0) is 28.4. The molecule has 6 unspecified atom stereocenters. The molecule has 1 aromatic carbocycles. The molecular weight excluding hydrogens is 526 g/mol. The summed E-state index contributed by atoms with van der Waals surface area (Å²) < 4.78 is 41.8. The monoisotopic (exact) mass is 561 g/mol. The fraction of sp³-hybridized carbons (Fsp3) is 0.652. The summed E-state index contributed by atoms with van der Waals surface area (Å²) in [6, 6.07) is 1.17. The molecule has 1 aromatic rings. The quantitative estimate of drug-likeness (QED) is 0.180. The van der Waals surface area contributed by atoms with Gasteiger partial charge in [-0.05, 0) is 32.0 Å². The first kappa shape index (κ1) is 29.9. The van der Waals surface area contributed by atoms with Gasteiger partial charge in [-0.15, -0.1) is 0 Å². The second-order valence-electron chi connectivity index (χ2n) is 9.09. The first-order valence-corrected chi connectivity index (χ1v) is 13.9. The Morgan fingerprint density at radius 1 is 1.18 bits per heavy atom. The van der Waals surface area contributed by atoms with Gasteiger partial charge in [0.2, 0.25) is 6.29 Å². The number of nitrogen functional groups attached to an aromatic ring is 1. The van der Waals surface area contributed by atoms with Gasteiger partial charge in [-0.3, -0.25) is 9.69 Å². The van der Waals surface area contributed by atoms with Gasteiger partial charge in [0.15, 0.2) is 27.4 Å². The summed E-state index contributed by atoms with van der Waals surface area (Å²) in [5, 5.41) is 42.6. The molecule has 2 fully saturated rings. The number of nitrogens with two attached hydrogens (primary N) is 1. The first-order valence-electron chi connectivity index (χ1n) is 12.2. The molecule has 2 saturated heterocycles. The van der Waals surface area contributed by atoms with Crippen LogP contribution in [0.3, 0.4) is 0 Å². The summed E-state index contributed by atoms with van der Waals surface area (Å²) in [4.78, 5) is 26.5. The van der Waals surface area contributed by atoms with Gasteiger partial charge in [0.25, 0.3) is 5.91 Å². The van der Waals surface area contributed by atoms with Crippen LogP contribution in [0.15, 0.2) is 11.0 Å². The zero-order valence-corrected chi connectivity index (χ0v) is 22.2. The number of hydrogen-bond acceptors (Lipinski definition) is 12. The number of anilines is 1. The number of aliphatic hydroxyl groups is 3. The van der Waals surface area contributed by atoms with Crippen LogP contribution in [0, 0.1) is 0 Å². The summed E-state index contributed by atoms with van der Waals surface area (Å²) in [5.74, 6) is -3.50. The van der Waals surface area contributed by atoms with Gasteiger partial charge < -0.3 is 45.7 Å². The SMILES string of the molecule is CCN1CCCC1CNC(=O)c1cc(S(=O)(=O)CC)c(N)c(OC2OC(C(=O)O)C(O)C(O)C2O)c1OC. The van der Waals surface area contributed by atoms with E-state index in [1.165, 1.54) is 14.0 Å². The predicted octanol–water partition coefficient (Wildman–Crippen LogP) is -1.44. The maximum atomic E-state index is 13.3. The summed E-state index contributed by atoms with van der Waals surface area (Å²) in [6.07, 6.45) is -7.96. The molecule has 7 N–H and O–H groups in total. The minimum atomic E-state index is -4.01. The number of methoxy groups -OCH3 is 1. The average Bonchev–Trinajstić information content (AvgIpc) is 3.35. The number of nitrogens with zero attached hydrogens (tertiary/aromatic N) is 1. The molecule has 2 aliphatic heterocycles. The molecule has 2 heterocycles. The molecule has 214 valence electrons. The molecule has 0 saturated carbocycles. The van der Waals surface area contributed by atoms with Gasteiger partial charge in [0.1, 0.15) is 18.3 Å². The highest BCUT2D eigenvalue weighted by Crippen LogP contribution is 2.43. The lowest BCUT2D eigenvalue weighted by molar-refractivity contribution is -0.271. The Kier molecular flexibility index (Phi) is 9.43. The van der Waals surface area contributed by atoms with Crippen LogP contribution >= 0.6 is 0 Å². The van der Waals surface area contributed by atoms with E-state index in [2.05, 4.69) is 10.2 Å². The van der Waals surface area contributed by atoms with E-state index in [4.69, 9.17) is 19.9 Å². The largest absolute Gasteiger partial charge is 0.492 e. The minimum Gasteiger partial charge on any atom is -0.492 e. The molecule has 0 spiro atoms. The fourth-order valence-corrected chi connectivity index (χ4v) is 5.68. The summed E-state index contributed by atoms with van der Waals surface area (Å²) in [6.45, 7) is 5.40. The number of amides is 1. The Morgan fingerprint density at radius 2 is 1.87 bits per heavy atom. The lowest BCUT2D eigenvalue weighted by Gasteiger charge is -2.38. The number of likely N-dealkylation sites (tertiary alicyclic amines) is 1. The van der Waals surface area contributed by atoms with Gasteiger partial charge in [0.05, 0.1) is 29.0 Å². The van der Waals surface area contributed by atoms with E-state index in [0.29, 0.717) is 6.54 Å². The molecule has 15 heteroatoms. The predicted molar refractivity (Wildman–Crippen MR) is 133 cm³/mol. The Morgan fingerprint density at radius 3 is 2.45 bits per heavy atom. The lowest BCUT2D eigenvalue weighted by Crippen LogP contribution is -2.61. The van der Waals surface area contributed by atoms with Crippen LogP contribution in [0.4, 0.5) is 5.69 Å².